The predicted molar refractivity (Wildman–Crippen MR) is 63.6 cm³/mol. The highest BCUT2D eigenvalue weighted by Crippen LogP contribution is 2.20. The molecule has 0 heterocycles. The molecular formula is C12H25NO3. The van der Waals surface area contributed by atoms with Gasteiger partial charge in [-0.15, -0.1) is 0 Å². The molecule has 1 fully saturated rings. The lowest BCUT2D eigenvalue weighted by Crippen LogP contribution is -2.37. The van der Waals surface area contributed by atoms with Crippen molar-refractivity contribution in [3.05, 3.63) is 0 Å². The Morgan fingerprint density at radius 3 is 2.94 bits per heavy atom. The minimum absolute atomic E-state index is 0.117. The maximum atomic E-state index is 8.53. The van der Waals surface area contributed by atoms with E-state index < -0.39 is 0 Å². The fraction of sp³-hybridized carbons (Fsp3) is 1.00. The van der Waals surface area contributed by atoms with Crippen LogP contribution < -0.4 is 5.32 Å². The second-order valence-electron chi connectivity index (χ2n) is 4.36. The fourth-order valence-corrected chi connectivity index (χ4v) is 2.19. The summed E-state index contributed by atoms with van der Waals surface area (Å²) < 4.78 is 10.6. The van der Waals surface area contributed by atoms with Crippen molar-refractivity contribution >= 4 is 0 Å². The average Bonchev–Trinajstić information content (AvgIpc) is 2.34. The van der Waals surface area contributed by atoms with Crippen molar-refractivity contribution in [2.75, 3.05) is 33.5 Å². The zero-order valence-corrected chi connectivity index (χ0v) is 10.3. The van der Waals surface area contributed by atoms with Crippen molar-refractivity contribution in [2.45, 2.75) is 44.2 Å². The van der Waals surface area contributed by atoms with Gasteiger partial charge in [-0.3, -0.25) is 0 Å². The minimum atomic E-state index is 0.117. The molecule has 0 spiro atoms. The quantitative estimate of drug-likeness (QED) is 0.610. The highest BCUT2D eigenvalue weighted by Gasteiger charge is 2.20. The molecule has 2 unspecified atom stereocenters. The average molecular weight is 231 g/mol. The summed E-state index contributed by atoms with van der Waals surface area (Å²) in [5, 5.41) is 12.1. The Balaban J connectivity index is 1.95. The number of ether oxygens (including phenoxy) is 2. The number of rotatable bonds is 8. The summed E-state index contributed by atoms with van der Waals surface area (Å²) in [6.45, 7) is 2.29. The van der Waals surface area contributed by atoms with E-state index in [2.05, 4.69) is 5.32 Å². The van der Waals surface area contributed by atoms with E-state index in [0.29, 0.717) is 18.8 Å². The molecule has 16 heavy (non-hydrogen) atoms. The number of methoxy groups -OCH3 is 1. The van der Waals surface area contributed by atoms with Crippen LogP contribution in [0.4, 0.5) is 0 Å². The predicted octanol–water partition coefficient (Wildman–Crippen LogP) is 0.933. The molecule has 0 aromatic heterocycles. The third kappa shape index (κ3) is 5.80. The molecule has 0 amide bonds. The van der Waals surface area contributed by atoms with E-state index >= 15 is 0 Å². The standard InChI is InChI=1S/C12H25NO3/c1-15-12-5-2-4-11(10-12)13-6-3-8-16-9-7-14/h11-14H,2-10H2,1H3. The third-order valence-corrected chi connectivity index (χ3v) is 3.09. The van der Waals surface area contributed by atoms with Crippen LogP contribution in [-0.4, -0.2) is 50.7 Å². The van der Waals surface area contributed by atoms with E-state index in [1.807, 2.05) is 0 Å². The first-order valence-corrected chi connectivity index (χ1v) is 6.31. The van der Waals surface area contributed by atoms with E-state index in [-0.39, 0.29) is 6.61 Å². The number of aliphatic hydroxyl groups excluding tert-OH is 1. The molecule has 1 saturated carbocycles. The Kier molecular flexibility index (Phi) is 7.76. The lowest BCUT2D eigenvalue weighted by Gasteiger charge is -2.28. The van der Waals surface area contributed by atoms with Crippen LogP contribution in [0.15, 0.2) is 0 Å². The topological polar surface area (TPSA) is 50.7 Å². The summed E-state index contributed by atoms with van der Waals surface area (Å²) >= 11 is 0. The molecule has 2 atom stereocenters. The van der Waals surface area contributed by atoms with Crippen LogP contribution in [0.1, 0.15) is 32.1 Å². The van der Waals surface area contributed by atoms with Crippen LogP contribution in [0.2, 0.25) is 0 Å². The molecule has 0 saturated heterocycles. The van der Waals surface area contributed by atoms with Crippen LogP contribution in [0, 0.1) is 0 Å². The molecule has 0 aromatic carbocycles. The van der Waals surface area contributed by atoms with Gasteiger partial charge in [-0.25, -0.2) is 0 Å². The molecule has 4 nitrogen and oxygen atoms in total. The van der Waals surface area contributed by atoms with E-state index in [4.69, 9.17) is 14.6 Å². The molecule has 0 aliphatic heterocycles. The SMILES string of the molecule is COC1CCCC(NCCCOCCO)C1. The summed E-state index contributed by atoms with van der Waals surface area (Å²) in [4.78, 5) is 0. The summed E-state index contributed by atoms with van der Waals surface area (Å²) in [5.74, 6) is 0. The van der Waals surface area contributed by atoms with Crippen LogP contribution in [0.25, 0.3) is 0 Å². The Labute approximate surface area is 98.3 Å². The van der Waals surface area contributed by atoms with Crippen LogP contribution in [0.3, 0.4) is 0 Å². The second-order valence-corrected chi connectivity index (χ2v) is 4.36. The molecular weight excluding hydrogens is 206 g/mol. The molecule has 1 aliphatic rings. The lowest BCUT2D eigenvalue weighted by atomic mass is 9.93. The van der Waals surface area contributed by atoms with Crippen molar-refractivity contribution in [1.29, 1.82) is 0 Å². The van der Waals surface area contributed by atoms with Gasteiger partial charge in [0.15, 0.2) is 0 Å². The first kappa shape index (κ1) is 13.9. The van der Waals surface area contributed by atoms with Gasteiger partial charge in [0.25, 0.3) is 0 Å². The Hall–Kier alpha value is -0.160. The molecule has 1 rings (SSSR count). The van der Waals surface area contributed by atoms with Crippen LogP contribution in [-0.2, 0) is 9.47 Å². The number of nitrogens with one attached hydrogen (secondary N) is 1. The van der Waals surface area contributed by atoms with E-state index in [1.165, 1.54) is 19.3 Å². The maximum Gasteiger partial charge on any atom is 0.0697 e. The van der Waals surface area contributed by atoms with Crippen molar-refractivity contribution in [2.24, 2.45) is 0 Å². The summed E-state index contributed by atoms with van der Waals surface area (Å²) in [6, 6.07) is 0.608. The van der Waals surface area contributed by atoms with Crippen molar-refractivity contribution in [1.82, 2.24) is 5.32 Å². The normalized spacial score (nSPS) is 25.9. The van der Waals surface area contributed by atoms with E-state index in [1.54, 1.807) is 7.11 Å². The summed E-state index contributed by atoms with van der Waals surface area (Å²) in [7, 11) is 1.80. The molecule has 0 radical (unpaired) electrons. The highest BCUT2D eigenvalue weighted by molar-refractivity contribution is 4.77. The van der Waals surface area contributed by atoms with Gasteiger partial charge >= 0.3 is 0 Å². The maximum absolute atomic E-state index is 8.53. The Morgan fingerprint density at radius 2 is 2.19 bits per heavy atom. The summed E-state index contributed by atoms with van der Waals surface area (Å²) in [6.07, 6.45) is 6.31. The zero-order valence-electron chi connectivity index (χ0n) is 10.3. The van der Waals surface area contributed by atoms with E-state index in [9.17, 15) is 0 Å². The molecule has 2 N–H and O–H groups in total. The van der Waals surface area contributed by atoms with Gasteiger partial charge in [0.1, 0.15) is 0 Å². The third-order valence-electron chi connectivity index (χ3n) is 3.09. The smallest absolute Gasteiger partial charge is 0.0697 e. The lowest BCUT2D eigenvalue weighted by molar-refractivity contribution is 0.0575. The number of hydrogen-bond donors (Lipinski definition) is 2. The number of aliphatic hydroxyl groups is 1. The van der Waals surface area contributed by atoms with Crippen molar-refractivity contribution in [3.8, 4) is 0 Å². The van der Waals surface area contributed by atoms with Crippen LogP contribution >= 0.6 is 0 Å². The highest BCUT2D eigenvalue weighted by atomic mass is 16.5. The molecule has 0 bridgehead atoms. The van der Waals surface area contributed by atoms with E-state index in [0.717, 1.165) is 26.0 Å². The van der Waals surface area contributed by atoms with Gasteiger partial charge in [-0.2, -0.15) is 0 Å². The fourth-order valence-electron chi connectivity index (χ4n) is 2.19. The van der Waals surface area contributed by atoms with Gasteiger partial charge in [-0.1, -0.05) is 0 Å². The molecule has 96 valence electrons. The van der Waals surface area contributed by atoms with Gasteiger partial charge in [0, 0.05) is 19.8 Å². The Morgan fingerprint density at radius 1 is 1.31 bits per heavy atom. The minimum Gasteiger partial charge on any atom is -0.394 e. The molecule has 0 aromatic rings. The molecule has 4 heteroatoms. The zero-order chi connectivity index (χ0) is 11.6. The van der Waals surface area contributed by atoms with Crippen molar-refractivity contribution in [3.63, 3.8) is 0 Å². The van der Waals surface area contributed by atoms with Crippen molar-refractivity contribution < 1.29 is 14.6 Å². The second kappa shape index (κ2) is 8.93. The summed E-state index contributed by atoms with van der Waals surface area (Å²) in [5.41, 5.74) is 0. The first-order valence-electron chi connectivity index (χ1n) is 6.31. The van der Waals surface area contributed by atoms with Gasteiger partial charge in [-0.05, 0) is 38.6 Å². The number of hydrogen-bond acceptors (Lipinski definition) is 4. The first-order chi connectivity index (χ1) is 7.86. The monoisotopic (exact) mass is 231 g/mol. The van der Waals surface area contributed by atoms with Gasteiger partial charge < -0.3 is 19.9 Å². The van der Waals surface area contributed by atoms with Crippen LogP contribution in [0.5, 0.6) is 0 Å². The van der Waals surface area contributed by atoms with Gasteiger partial charge in [0.05, 0.1) is 19.3 Å². The van der Waals surface area contributed by atoms with Gasteiger partial charge in [0.2, 0.25) is 0 Å². The largest absolute Gasteiger partial charge is 0.394 e. The Bertz CT molecular complexity index is 166. The molecule has 1 aliphatic carbocycles.